The Hall–Kier alpha value is -2.16. The molecule has 0 amide bonds. The third-order valence-electron chi connectivity index (χ3n) is 6.73. The van der Waals surface area contributed by atoms with Crippen LogP contribution in [0.15, 0.2) is 30.3 Å². The van der Waals surface area contributed by atoms with Gasteiger partial charge in [-0.25, -0.2) is 4.39 Å². The first-order valence-electron chi connectivity index (χ1n) is 10.9. The Labute approximate surface area is 185 Å². The van der Waals surface area contributed by atoms with Gasteiger partial charge in [-0.15, -0.1) is 0 Å². The van der Waals surface area contributed by atoms with E-state index in [1.807, 2.05) is 19.1 Å². The SMILES string of the molecule is Cc1ccc2c(c1O)C[C@@H](C1CCN(Cc3ccc(C(F)(F)F)c(F)c3)CC1)O[C@H]2CN. The highest BCUT2D eigenvalue weighted by Gasteiger charge is 2.36. The number of ether oxygens (including phenoxy) is 1. The van der Waals surface area contributed by atoms with Gasteiger partial charge in [-0.2, -0.15) is 13.2 Å². The molecule has 0 saturated carbocycles. The zero-order chi connectivity index (χ0) is 23.0. The number of rotatable bonds is 4. The summed E-state index contributed by atoms with van der Waals surface area (Å²) in [6.07, 6.45) is -2.64. The number of aryl methyl sites for hydroxylation is 1. The molecular weight excluding hydrogens is 424 g/mol. The lowest BCUT2D eigenvalue weighted by Crippen LogP contribution is -2.42. The molecule has 2 aromatic rings. The van der Waals surface area contributed by atoms with E-state index >= 15 is 0 Å². The molecule has 1 saturated heterocycles. The fraction of sp³-hybridized carbons (Fsp3) is 0.500. The first-order chi connectivity index (χ1) is 15.2. The van der Waals surface area contributed by atoms with Crippen molar-refractivity contribution < 1.29 is 27.4 Å². The number of likely N-dealkylation sites (tertiary alicyclic amines) is 1. The average molecular weight is 452 g/mol. The minimum absolute atomic E-state index is 0.0468. The van der Waals surface area contributed by atoms with E-state index in [0.717, 1.165) is 54.8 Å². The van der Waals surface area contributed by atoms with Crippen molar-refractivity contribution in [1.29, 1.82) is 0 Å². The smallest absolute Gasteiger partial charge is 0.419 e. The Balaban J connectivity index is 1.39. The first-order valence-corrected chi connectivity index (χ1v) is 10.9. The monoisotopic (exact) mass is 452 g/mol. The van der Waals surface area contributed by atoms with Gasteiger partial charge in [-0.1, -0.05) is 18.2 Å². The number of benzene rings is 2. The quantitative estimate of drug-likeness (QED) is 0.660. The molecule has 2 aliphatic heterocycles. The Morgan fingerprint density at radius 2 is 1.88 bits per heavy atom. The van der Waals surface area contributed by atoms with Gasteiger partial charge in [0, 0.05) is 25.1 Å². The minimum atomic E-state index is -4.69. The summed E-state index contributed by atoms with van der Waals surface area (Å²) < 4.78 is 58.5. The number of alkyl halides is 3. The molecule has 174 valence electrons. The molecule has 0 bridgehead atoms. The minimum Gasteiger partial charge on any atom is -0.507 e. The lowest BCUT2D eigenvalue weighted by Gasteiger charge is -2.40. The highest BCUT2D eigenvalue weighted by molar-refractivity contribution is 5.47. The number of phenolic OH excluding ortho intramolecular Hbond substituents is 1. The largest absolute Gasteiger partial charge is 0.507 e. The van der Waals surface area contributed by atoms with Gasteiger partial charge in [0.1, 0.15) is 11.6 Å². The summed E-state index contributed by atoms with van der Waals surface area (Å²) in [6.45, 7) is 4.10. The van der Waals surface area contributed by atoms with E-state index in [1.165, 1.54) is 6.07 Å². The van der Waals surface area contributed by atoms with Crippen LogP contribution < -0.4 is 5.73 Å². The summed E-state index contributed by atoms with van der Waals surface area (Å²) in [6, 6.07) is 6.99. The van der Waals surface area contributed by atoms with Gasteiger partial charge in [0.2, 0.25) is 0 Å². The lowest BCUT2D eigenvalue weighted by molar-refractivity contribution is -0.140. The molecule has 2 heterocycles. The number of aromatic hydroxyl groups is 1. The molecule has 0 unspecified atom stereocenters. The molecule has 3 N–H and O–H groups in total. The van der Waals surface area contributed by atoms with Crippen LogP contribution in [0.4, 0.5) is 17.6 Å². The summed E-state index contributed by atoms with van der Waals surface area (Å²) in [5.41, 5.74) is 7.93. The number of fused-ring (bicyclic) bond motifs is 1. The zero-order valence-electron chi connectivity index (χ0n) is 18.0. The molecule has 2 atom stereocenters. The average Bonchev–Trinajstić information content (AvgIpc) is 2.75. The molecular formula is C24H28F4N2O2. The van der Waals surface area contributed by atoms with Gasteiger partial charge in [0.15, 0.2) is 0 Å². The van der Waals surface area contributed by atoms with Crippen LogP contribution in [0.3, 0.4) is 0 Å². The summed E-state index contributed by atoms with van der Waals surface area (Å²) in [7, 11) is 0. The molecule has 8 heteroatoms. The maximum atomic E-state index is 13.9. The predicted molar refractivity (Wildman–Crippen MR) is 113 cm³/mol. The van der Waals surface area contributed by atoms with Crippen LogP contribution in [0.5, 0.6) is 5.75 Å². The van der Waals surface area contributed by atoms with E-state index in [4.69, 9.17) is 10.5 Å². The molecule has 0 aliphatic carbocycles. The molecule has 0 radical (unpaired) electrons. The topological polar surface area (TPSA) is 58.7 Å². The molecule has 32 heavy (non-hydrogen) atoms. The maximum absolute atomic E-state index is 13.9. The summed E-state index contributed by atoms with van der Waals surface area (Å²) >= 11 is 0. The van der Waals surface area contributed by atoms with Crippen molar-refractivity contribution >= 4 is 0 Å². The van der Waals surface area contributed by atoms with Crippen LogP contribution in [0.2, 0.25) is 0 Å². The third kappa shape index (κ3) is 4.63. The highest BCUT2D eigenvalue weighted by atomic mass is 19.4. The van der Waals surface area contributed by atoms with Gasteiger partial charge >= 0.3 is 6.18 Å². The number of nitrogens with zero attached hydrogens (tertiary/aromatic N) is 1. The molecule has 4 nitrogen and oxygen atoms in total. The van der Waals surface area contributed by atoms with Gasteiger partial charge in [-0.3, -0.25) is 4.90 Å². The zero-order valence-corrected chi connectivity index (χ0v) is 18.0. The van der Waals surface area contributed by atoms with E-state index in [2.05, 4.69) is 4.90 Å². The summed E-state index contributed by atoms with van der Waals surface area (Å²) in [4.78, 5) is 2.12. The van der Waals surface area contributed by atoms with Crippen LogP contribution in [0.25, 0.3) is 0 Å². The Morgan fingerprint density at radius 3 is 2.50 bits per heavy atom. The van der Waals surface area contributed by atoms with Crippen LogP contribution in [-0.4, -0.2) is 35.7 Å². The molecule has 0 aromatic heterocycles. The fourth-order valence-corrected chi connectivity index (χ4v) is 4.91. The standard InChI is InChI=1S/C24H28F4N2O2/c1-14-2-4-17-18(23(14)31)11-21(32-22(17)12-29)16-6-8-30(9-7-16)13-15-3-5-19(20(25)10-15)24(26,27)28/h2-5,10,16,21-22,31H,6-9,11-13,29H2,1H3/t21-,22-/m0/s1. The van der Waals surface area contributed by atoms with Gasteiger partial charge < -0.3 is 15.6 Å². The summed E-state index contributed by atoms with van der Waals surface area (Å²) in [5, 5.41) is 10.6. The Bertz CT molecular complexity index is 971. The number of hydrogen-bond donors (Lipinski definition) is 2. The van der Waals surface area contributed by atoms with E-state index in [9.17, 15) is 22.7 Å². The van der Waals surface area contributed by atoms with Crippen molar-refractivity contribution in [3.63, 3.8) is 0 Å². The number of phenols is 1. The molecule has 1 fully saturated rings. The van der Waals surface area contributed by atoms with E-state index in [-0.39, 0.29) is 18.1 Å². The van der Waals surface area contributed by atoms with Crippen LogP contribution in [0, 0.1) is 18.7 Å². The highest BCUT2D eigenvalue weighted by Crippen LogP contribution is 2.40. The van der Waals surface area contributed by atoms with Crippen LogP contribution in [-0.2, 0) is 23.9 Å². The van der Waals surface area contributed by atoms with Crippen molar-refractivity contribution in [2.75, 3.05) is 19.6 Å². The lowest BCUT2D eigenvalue weighted by atomic mass is 9.83. The van der Waals surface area contributed by atoms with Crippen LogP contribution >= 0.6 is 0 Å². The van der Waals surface area contributed by atoms with Gasteiger partial charge in [-0.05, 0) is 67.6 Å². The normalized spacial score (nSPS) is 22.7. The third-order valence-corrected chi connectivity index (χ3v) is 6.73. The summed E-state index contributed by atoms with van der Waals surface area (Å²) in [5.74, 6) is -0.629. The second-order valence-electron chi connectivity index (χ2n) is 8.83. The van der Waals surface area contributed by atoms with E-state index < -0.39 is 17.6 Å². The fourth-order valence-electron chi connectivity index (χ4n) is 4.91. The van der Waals surface area contributed by atoms with Crippen LogP contribution in [0.1, 0.15) is 46.8 Å². The molecule has 4 rings (SSSR count). The van der Waals surface area contributed by atoms with Crippen molar-refractivity contribution in [3.05, 3.63) is 64.0 Å². The number of halogens is 4. The van der Waals surface area contributed by atoms with Crippen molar-refractivity contribution in [2.24, 2.45) is 11.7 Å². The molecule has 0 spiro atoms. The van der Waals surface area contributed by atoms with Crippen molar-refractivity contribution in [2.45, 2.75) is 51.1 Å². The van der Waals surface area contributed by atoms with Gasteiger partial charge in [0.05, 0.1) is 17.8 Å². The number of nitrogens with two attached hydrogens (primary N) is 1. The maximum Gasteiger partial charge on any atom is 0.419 e. The first kappa shape index (κ1) is 23.0. The van der Waals surface area contributed by atoms with Crippen molar-refractivity contribution in [3.8, 4) is 5.75 Å². The predicted octanol–water partition coefficient (Wildman–Crippen LogP) is 4.71. The Morgan fingerprint density at radius 1 is 1.16 bits per heavy atom. The molecule has 2 aromatic carbocycles. The second-order valence-corrected chi connectivity index (χ2v) is 8.83. The Kier molecular flexibility index (Phi) is 6.47. The van der Waals surface area contributed by atoms with E-state index in [0.29, 0.717) is 30.8 Å². The van der Waals surface area contributed by atoms with Crippen molar-refractivity contribution in [1.82, 2.24) is 4.90 Å². The van der Waals surface area contributed by atoms with Gasteiger partial charge in [0.25, 0.3) is 0 Å². The van der Waals surface area contributed by atoms with E-state index in [1.54, 1.807) is 0 Å². The number of hydrogen-bond acceptors (Lipinski definition) is 4. The second kappa shape index (κ2) is 9.00. The molecule has 2 aliphatic rings. The number of piperidine rings is 1.